The first-order valence-corrected chi connectivity index (χ1v) is 4.00. The summed E-state index contributed by atoms with van der Waals surface area (Å²) in [4.78, 5) is 0. The van der Waals surface area contributed by atoms with Crippen molar-refractivity contribution >= 4 is 20.8 Å². The Hall–Kier alpha value is 0.126. The van der Waals surface area contributed by atoms with E-state index in [1.807, 2.05) is 0 Å². The molecule has 0 aliphatic heterocycles. The number of quaternary nitrogens is 2. The van der Waals surface area contributed by atoms with Gasteiger partial charge in [-0.2, -0.15) is 0 Å². The van der Waals surface area contributed by atoms with Crippen LogP contribution in [0.2, 0.25) is 0 Å². The van der Waals surface area contributed by atoms with Gasteiger partial charge in [0.05, 0.1) is 0 Å². The van der Waals surface area contributed by atoms with E-state index < -0.39 is 20.8 Å². The molecule has 11 nitrogen and oxygen atoms in total. The summed E-state index contributed by atoms with van der Waals surface area (Å²) in [6.45, 7) is 0. The molecule has 0 aromatic heterocycles. The van der Waals surface area contributed by atoms with Gasteiger partial charge in [0.25, 0.3) is 0 Å². The zero-order chi connectivity index (χ0) is 9.00. The van der Waals surface area contributed by atoms with Crippen molar-refractivity contribution in [3.05, 3.63) is 0 Å². The fourth-order valence-corrected chi connectivity index (χ4v) is 0. The Kier molecular flexibility index (Phi) is 34.6. The summed E-state index contributed by atoms with van der Waals surface area (Å²) >= 11 is 0. The minimum Gasteiger partial charge on any atom is -0.759 e. The molecule has 0 bridgehead atoms. The second kappa shape index (κ2) is 13.1. The van der Waals surface area contributed by atoms with Crippen LogP contribution in [0.4, 0.5) is 0 Å². The van der Waals surface area contributed by atoms with Crippen LogP contribution in [0.25, 0.3) is 0 Å². The van der Waals surface area contributed by atoms with Crippen LogP contribution >= 0.6 is 0 Å². The van der Waals surface area contributed by atoms with Crippen LogP contribution in [0, 0.1) is 0 Å². The minimum absolute atomic E-state index is 0. The summed E-state index contributed by atoms with van der Waals surface area (Å²) in [6, 6.07) is 0. The number of hydrogen-bond donors (Lipinski definition) is 2. The van der Waals surface area contributed by atoms with Crippen molar-refractivity contribution in [1.82, 2.24) is 18.5 Å². The molecule has 0 unspecified atom stereocenters. The topological polar surface area (TPSA) is 264 Å². The van der Waals surface area contributed by atoms with Gasteiger partial charge in [-0.15, -0.1) is 0 Å². The van der Waals surface area contributed by atoms with E-state index >= 15 is 0 Å². The van der Waals surface area contributed by atoms with Crippen molar-refractivity contribution in [3.63, 3.8) is 0 Å². The first kappa shape index (κ1) is 36.9. The van der Waals surface area contributed by atoms with Gasteiger partial charge < -0.3 is 30.5 Å². The third-order valence-electron chi connectivity index (χ3n) is 0. The number of nitrogens with zero attached hydrogens (tertiary/aromatic N) is 1. The van der Waals surface area contributed by atoms with Crippen LogP contribution in [0.5, 0.6) is 0 Å². The van der Waals surface area contributed by atoms with Crippen LogP contribution in [0.1, 0.15) is 0 Å². The first-order valence-electron chi connectivity index (χ1n) is 1.33. The number of rotatable bonds is 0. The standard InChI is InChI=1S/Co.2H3N.N.2H2O4S/c;;;;2*1-5(2,3)4/h;2*1H3;;2*(H2,1,2,3,4)/q+2;;;;;/p-2. The molecule has 0 spiro atoms. The zero-order valence-corrected chi connectivity index (χ0v) is 9.54. The largest absolute Gasteiger partial charge is 2.00 e. The fraction of sp³-hybridized carbons (Fsp3) is 0. The number of hydrogen-bond acceptors (Lipinski definition) is 8. The normalized spacial score (nSPS) is 8.29. The maximum absolute atomic E-state index is 8.52. The predicted molar refractivity (Wildman–Crippen MR) is 35.1 cm³/mol. The summed E-state index contributed by atoms with van der Waals surface area (Å²) in [5.74, 6) is 0. The molecular formula is H8CoN3O8S2. The summed E-state index contributed by atoms with van der Waals surface area (Å²) < 4.78 is 68.2. The second-order valence-corrected chi connectivity index (χ2v) is 2.45. The first-order chi connectivity index (χ1) is 4.00. The molecule has 14 heavy (non-hydrogen) atoms. The van der Waals surface area contributed by atoms with Crippen LogP contribution in [0.3, 0.4) is 0 Å². The Morgan fingerprint density at radius 1 is 0.643 bits per heavy atom. The zero-order valence-electron chi connectivity index (χ0n) is 6.86. The van der Waals surface area contributed by atoms with Gasteiger partial charge in [-0.05, 0) is 0 Å². The Bertz CT molecular complexity index is 219. The molecule has 0 rings (SSSR count). The van der Waals surface area contributed by atoms with Gasteiger partial charge in [-0.3, -0.25) is 16.8 Å². The third kappa shape index (κ3) is 93800. The van der Waals surface area contributed by atoms with Gasteiger partial charge in [0.1, 0.15) is 0 Å². The molecule has 0 fully saturated rings. The van der Waals surface area contributed by atoms with Gasteiger partial charge in [-0.1, -0.05) is 0 Å². The molecule has 0 aliphatic rings. The molecule has 0 heterocycles. The van der Waals surface area contributed by atoms with Gasteiger partial charge >= 0.3 is 16.8 Å². The molecule has 92 valence electrons. The molecule has 4 radical (unpaired) electrons. The van der Waals surface area contributed by atoms with Crippen molar-refractivity contribution in [1.29, 1.82) is 0 Å². The quantitative estimate of drug-likeness (QED) is 0.358. The van der Waals surface area contributed by atoms with E-state index in [-0.39, 0.29) is 35.2 Å². The van der Waals surface area contributed by atoms with Crippen molar-refractivity contribution in [2.45, 2.75) is 0 Å². The van der Waals surface area contributed by atoms with E-state index in [0.29, 0.717) is 0 Å². The minimum atomic E-state index is -5.17. The molecule has 0 aliphatic carbocycles. The smallest absolute Gasteiger partial charge is 0.759 e. The molecule has 0 saturated heterocycles. The van der Waals surface area contributed by atoms with Crippen molar-refractivity contribution in [3.8, 4) is 0 Å². The molecule has 0 amide bonds. The van der Waals surface area contributed by atoms with E-state index in [1.165, 1.54) is 0 Å². The van der Waals surface area contributed by atoms with Gasteiger partial charge in [0.15, 0.2) is 0 Å². The third-order valence-corrected chi connectivity index (χ3v) is 0. The monoisotopic (exact) mass is 301 g/mol. The maximum atomic E-state index is 8.52. The van der Waals surface area contributed by atoms with Gasteiger partial charge in [-0.25, -0.2) is 0 Å². The van der Waals surface area contributed by atoms with E-state index in [9.17, 15) is 0 Å². The maximum Gasteiger partial charge on any atom is 2.00 e. The molecule has 0 atom stereocenters. The summed E-state index contributed by atoms with van der Waals surface area (Å²) in [6.07, 6.45) is 0. The van der Waals surface area contributed by atoms with Crippen molar-refractivity contribution in [2.24, 2.45) is 0 Å². The predicted octanol–water partition coefficient (Wildman–Crippen LogP) is -2.41. The summed E-state index contributed by atoms with van der Waals surface area (Å²) in [7, 11) is -10.3. The fourth-order valence-electron chi connectivity index (χ4n) is 0. The van der Waals surface area contributed by atoms with Gasteiger partial charge in [0.2, 0.25) is 0 Å². The molecule has 14 heteroatoms. The molecule has 8 N–H and O–H groups in total. The van der Waals surface area contributed by atoms with Crippen LogP contribution in [-0.4, -0.2) is 35.0 Å². The summed E-state index contributed by atoms with van der Waals surface area (Å²) in [5, 5.41) is 0. The molecule has 0 aromatic carbocycles. The summed E-state index contributed by atoms with van der Waals surface area (Å²) in [5.41, 5.74) is 0. The van der Waals surface area contributed by atoms with E-state index in [2.05, 4.69) is 0 Å². The van der Waals surface area contributed by atoms with E-state index in [1.54, 1.807) is 0 Å². The van der Waals surface area contributed by atoms with Crippen molar-refractivity contribution < 1.29 is 51.8 Å². The van der Waals surface area contributed by atoms with Crippen molar-refractivity contribution in [2.75, 3.05) is 0 Å². The average molecular weight is 301 g/mol. The SMILES string of the molecule is O=S(=O)([O-])[O-].O=S(=O)([O-])[O-].[Co+2].[NH4+].[NH4+].[N]. The van der Waals surface area contributed by atoms with E-state index in [0.717, 1.165) is 0 Å². The molecule has 0 aromatic rings. The Morgan fingerprint density at radius 3 is 0.643 bits per heavy atom. The van der Waals surface area contributed by atoms with Crippen LogP contribution in [0.15, 0.2) is 0 Å². The van der Waals surface area contributed by atoms with Crippen LogP contribution in [-0.2, 0) is 37.6 Å². The van der Waals surface area contributed by atoms with Crippen LogP contribution < -0.4 is 18.5 Å². The Labute approximate surface area is 91.4 Å². The molecular weight excluding hydrogens is 293 g/mol. The Balaban J connectivity index is -0.0000000178. The van der Waals surface area contributed by atoms with E-state index in [4.69, 9.17) is 35.0 Å². The second-order valence-electron chi connectivity index (χ2n) is 0.816. The van der Waals surface area contributed by atoms with Gasteiger partial charge in [0, 0.05) is 26.9 Å². The average Bonchev–Trinajstić information content (AvgIpc) is 1.12. The molecule has 0 saturated carbocycles. The Morgan fingerprint density at radius 2 is 0.643 bits per heavy atom.